The predicted octanol–water partition coefficient (Wildman–Crippen LogP) is 2.24. The van der Waals surface area contributed by atoms with Crippen LogP contribution in [0.5, 0.6) is 0 Å². The zero-order valence-corrected chi connectivity index (χ0v) is 11.6. The van der Waals surface area contributed by atoms with Crippen LogP contribution in [0.3, 0.4) is 0 Å². The van der Waals surface area contributed by atoms with Gasteiger partial charge in [-0.1, -0.05) is 25.1 Å². The van der Waals surface area contributed by atoms with Crippen molar-refractivity contribution in [3.63, 3.8) is 0 Å². The molecule has 3 heteroatoms. The second-order valence-electron chi connectivity index (χ2n) is 5.22. The summed E-state index contributed by atoms with van der Waals surface area (Å²) in [5, 5.41) is 0. The summed E-state index contributed by atoms with van der Waals surface area (Å²) in [7, 11) is 2.20. The van der Waals surface area contributed by atoms with Crippen LogP contribution < -0.4 is 10.6 Å². The van der Waals surface area contributed by atoms with E-state index in [0.717, 1.165) is 26.1 Å². The molecule has 0 radical (unpaired) electrons. The van der Waals surface area contributed by atoms with Gasteiger partial charge < -0.3 is 15.5 Å². The Labute approximate surface area is 111 Å². The van der Waals surface area contributed by atoms with Gasteiger partial charge in [-0.2, -0.15) is 0 Å². The van der Waals surface area contributed by atoms with Crippen molar-refractivity contribution in [3.05, 3.63) is 29.8 Å². The van der Waals surface area contributed by atoms with Crippen LogP contribution in [0.15, 0.2) is 24.3 Å². The Bertz CT molecular complexity index is 378. The second kappa shape index (κ2) is 6.21. The van der Waals surface area contributed by atoms with Crippen LogP contribution >= 0.6 is 0 Å². The second-order valence-corrected chi connectivity index (χ2v) is 5.22. The molecular weight excluding hydrogens is 222 g/mol. The summed E-state index contributed by atoms with van der Waals surface area (Å²) < 4.78 is 0. The molecule has 1 aromatic rings. The van der Waals surface area contributed by atoms with E-state index < -0.39 is 0 Å². The highest BCUT2D eigenvalue weighted by molar-refractivity contribution is 5.55. The largest absolute Gasteiger partial charge is 0.370 e. The maximum absolute atomic E-state index is 6.23. The fourth-order valence-corrected chi connectivity index (χ4v) is 2.60. The van der Waals surface area contributed by atoms with Crippen molar-refractivity contribution >= 4 is 5.69 Å². The molecule has 0 unspecified atom stereocenters. The molecule has 18 heavy (non-hydrogen) atoms. The van der Waals surface area contributed by atoms with E-state index in [2.05, 4.69) is 48.0 Å². The van der Waals surface area contributed by atoms with E-state index in [4.69, 9.17) is 5.73 Å². The molecule has 1 heterocycles. The molecule has 100 valence electrons. The smallest absolute Gasteiger partial charge is 0.0415 e. The Morgan fingerprint density at radius 2 is 1.94 bits per heavy atom. The van der Waals surface area contributed by atoms with Gasteiger partial charge in [-0.25, -0.2) is 0 Å². The lowest BCUT2D eigenvalue weighted by atomic mass is 10.0. The van der Waals surface area contributed by atoms with E-state index >= 15 is 0 Å². The zero-order valence-electron chi connectivity index (χ0n) is 11.6. The number of likely N-dealkylation sites (N-methyl/N-ethyl adjacent to an activating group) is 1. The normalized spacial score (nSPS) is 19.6. The summed E-state index contributed by atoms with van der Waals surface area (Å²) in [4.78, 5) is 4.90. The van der Waals surface area contributed by atoms with E-state index in [1.807, 2.05) is 0 Å². The molecule has 1 saturated heterocycles. The van der Waals surface area contributed by atoms with Crippen LogP contribution in [0.2, 0.25) is 0 Å². The van der Waals surface area contributed by atoms with E-state index in [1.54, 1.807) is 0 Å². The van der Waals surface area contributed by atoms with Gasteiger partial charge in [0, 0.05) is 31.4 Å². The van der Waals surface area contributed by atoms with Gasteiger partial charge in [0.25, 0.3) is 0 Å². The van der Waals surface area contributed by atoms with Crippen molar-refractivity contribution < 1.29 is 0 Å². The number of rotatable bonds is 3. The fourth-order valence-electron chi connectivity index (χ4n) is 2.60. The third-order valence-corrected chi connectivity index (χ3v) is 3.84. The lowest BCUT2D eigenvalue weighted by molar-refractivity contribution is 0.360. The molecule has 2 rings (SSSR count). The van der Waals surface area contributed by atoms with Crippen LogP contribution in [-0.2, 0) is 0 Å². The third kappa shape index (κ3) is 3.03. The molecule has 0 aromatic heterocycles. The SMILES string of the molecule is CC[C@@H](N)c1ccccc1N1CCCN(C)CC1. The highest BCUT2D eigenvalue weighted by Crippen LogP contribution is 2.27. The van der Waals surface area contributed by atoms with Crippen LogP contribution in [0.4, 0.5) is 5.69 Å². The van der Waals surface area contributed by atoms with Gasteiger partial charge in [0.05, 0.1) is 0 Å². The topological polar surface area (TPSA) is 32.5 Å². The Morgan fingerprint density at radius 3 is 2.72 bits per heavy atom. The van der Waals surface area contributed by atoms with Gasteiger partial charge in [-0.3, -0.25) is 0 Å². The first-order chi connectivity index (χ1) is 8.72. The highest BCUT2D eigenvalue weighted by Gasteiger charge is 2.17. The summed E-state index contributed by atoms with van der Waals surface area (Å²) in [6.45, 7) is 6.72. The van der Waals surface area contributed by atoms with Crippen molar-refractivity contribution in [2.75, 3.05) is 38.1 Å². The van der Waals surface area contributed by atoms with E-state index in [0.29, 0.717) is 0 Å². The number of hydrogen-bond donors (Lipinski definition) is 1. The minimum absolute atomic E-state index is 0.155. The maximum atomic E-state index is 6.23. The number of anilines is 1. The quantitative estimate of drug-likeness (QED) is 0.889. The van der Waals surface area contributed by atoms with Crippen LogP contribution in [0.1, 0.15) is 31.4 Å². The highest BCUT2D eigenvalue weighted by atomic mass is 15.2. The Hall–Kier alpha value is -1.06. The van der Waals surface area contributed by atoms with Crippen molar-refractivity contribution in [1.29, 1.82) is 0 Å². The fraction of sp³-hybridized carbons (Fsp3) is 0.600. The van der Waals surface area contributed by atoms with Crippen molar-refractivity contribution in [3.8, 4) is 0 Å². The molecule has 1 atom stereocenters. The average Bonchev–Trinajstić information content (AvgIpc) is 2.62. The van der Waals surface area contributed by atoms with Gasteiger partial charge in [0.15, 0.2) is 0 Å². The number of nitrogens with zero attached hydrogens (tertiary/aromatic N) is 2. The third-order valence-electron chi connectivity index (χ3n) is 3.84. The first-order valence-corrected chi connectivity index (χ1v) is 7.00. The first-order valence-electron chi connectivity index (χ1n) is 7.00. The van der Waals surface area contributed by atoms with E-state index in [1.165, 1.54) is 24.2 Å². The Morgan fingerprint density at radius 1 is 1.17 bits per heavy atom. The van der Waals surface area contributed by atoms with Crippen LogP contribution in [-0.4, -0.2) is 38.1 Å². The van der Waals surface area contributed by atoms with Gasteiger partial charge in [0.2, 0.25) is 0 Å². The standard InChI is InChI=1S/C15H25N3/c1-3-14(16)13-7-4-5-8-15(13)18-10-6-9-17(2)11-12-18/h4-5,7-8,14H,3,6,9-12,16H2,1-2H3/t14-/m1/s1. The molecule has 1 aromatic carbocycles. The summed E-state index contributed by atoms with van der Waals surface area (Å²) in [6.07, 6.45) is 2.22. The zero-order chi connectivity index (χ0) is 13.0. The minimum Gasteiger partial charge on any atom is -0.370 e. The first kappa shape index (κ1) is 13.4. The molecule has 0 saturated carbocycles. The molecule has 0 bridgehead atoms. The number of benzene rings is 1. The number of para-hydroxylation sites is 1. The van der Waals surface area contributed by atoms with Crippen molar-refractivity contribution in [2.45, 2.75) is 25.8 Å². The van der Waals surface area contributed by atoms with E-state index in [9.17, 15) is 0 Å². The number of nitrogens with two attached hydrogens (primary N) is 1. The van der Waals surface area contributed by atoms with Crippen LogP contribution in [0, 0.1) is 0 Å². The Kier molecular flexibility index (Phi) is 4.61. The average molecular weight is 247 g/mol. The van der Waals surface area contributed by atoms with E-state index in [-0.39, 0.29) is 6.04 Å². The summed E-state index contributed by atoms with van der Waals surface area (Å²) in [5.41, 5.74) is 8.86. The van der Waals surface area contributed by atoms with Gasteiger partial charge in [-0.15, -0.1) is 0 Å². The van der Waals surface area contributed by atoms with Crippen LogP contribution in [0.25, 0.3) is 0 Å². The lowest BCUT2D eigenvalue weighted by Gasteiger charge is -2.27. The van der Waals surface area contributed by atoms with Gasteiger partial charge >= 0.3 is 0 Å². The molecule has 0 aliphatic carbocycles. The molecule has 2 N–H and O–H groups in total. The molecule has 1 aliphatic heterocycles. The molecular formula is C15H25N3. The van der Waals surface area contributed by atoms with Gasteiger partial charge in [0.1, 0.15) is 0 Å². The van der Waals surface area contributed by atoms with Gasteiger partial charge in [-0.05, 0) is 38.1 Å². The molecule has 1 aliphatic rings. The predicted molar refractivity (Wildman–Crippen MR) is 78.0 cm³/mol. The minimum atomic E-state index is 0.155. The summed E-state index contributed by atoms with van der Waals surface area (Å²) in [5.74, 6) is 0. The molecule has 3 nitrogen and oxygen atoms in total. The monoisotopic (exact) mass is 247 g/mol. The maximum Gasteiger partial charge on any atom is 0.0415 e. The lowest BCUT2D eigenvalue weighted by Crippen LogP contribution is -2.30. The summed E-state index contributed by atoms with van der Waals surface area (Å²) in [6, 6.07) is 8.77. The van der Waals surface area contributed by atoms with Crippen molar-refractivity contribution in [1.82, 2.24) is 4.90 Å². The molecule has 0 spiro atoms. The summed E-state index contributed by atoms with van der Waals surface area (Å²) >= 11 is 0. The molecule has 1 fully saturated rings. The number of hydrogen-bond acceptors (Lipinski definition) is 3. The Balaban J connectivity index is 2.21. The molecule has 0 amide bonds. The van der Waals surface area contributed by atoms with Crippen molar-refractivity contribution in [2.24, 2.45) is 5.73 Å².